The Morgan fingerprint density at radius 3 is 2.62 bits per heavy atom. The SMILES string of the molecule is Cc1c([O-])on[n+]1CCN1CCCCC1.Cl. The van der Waals surface area contributed by atoms with E-state index in [1.807, 2.05) is 0 Å². The number of piperidine rings is 1. The molecule has 0 radical (unpaired) electrons. The Morgan fingerprint density at radius 2 is 2.06 bits per heavy atom. The zero-order valence-corrected chi connectivity index (χ0v) is 10.3. The van der Waals surface area contributed by atoms with Crippen LogP contribution in [0.5, 0.6) is 5.95 Å². The molecule has 0 spiro atoms. The lowest BCUT2D eigenvalue weighted by Gasteiger charge is -2.24. The first-order chi connectivity index (χ1) is 7.27. The van der Waals surface area contributed by atoms with Crippen molar-refractivity contribution in [2.24, 2.45) is 0 Å². The van der Waals surface area contributed by atoms with Crippen molar-refractivity contribution in [2.75, 3.05) is 19.6 Å². The minimum atomic E-state index is -0.325. The fourth-order valence-electron chi connectivity index (χ4n) is 1.95. The molecule has 1 aliphatic heterocycles. The second-order valence-corrected chi connectivity index (χ2v) is 4.07. The number of hydrogen-bond acceptors (Lipinski definition) is 4. The monoisotopic (exact) mass is 247 g/mol. The van der Waals surface area contributed by atoms with Gasteiger partial charge in [-0.3, -0.25) is 4.90 Å². The van der Waals surface area contributed by atoms with Crippen LogP contribution >= 0.6 is 12.4 Å². The number of halogens is 1. The van der Waals surface area contributed by atoms with E-state index in [0.717, 1.165) is 13.1 Å². The van der Waals surface area contributed by atoms with Crippen molar-refractivity contribution < 1.29 is 14.3 Å². The number of aromatic nitrogens is 2. The van der Waals surface area contributed by atoms with E-state index >= 15 is 0 Å². The maximum Gasteiger partial charge on any atom is 0.230 e. The molecule has 2 heterocycles. The quantitative estimate of drug-likeness (QED) is 0.719. The minimum Gasteiger partial charge on any atom is -0.539 e. The summed E-state index contributed by atoms with van der Waals surface area (Å²) in [6.07, 6.45) is 3.92. The van der Waals surface area contributed by atoms with Gasteiger partial charge in [0.1, 0.15) is 0 Å². The molecule has 6 heteroatoms. The summed E-state index contributed by atoms with van der Waals surface area (Å²) in [7, 11) is 0. The molecule has 1 aliphatic rings. The highest BCUT2D eigenvalue weighted by atomic mass is 35.5. The molecule has 0 bridgehead atoms. The van der Waals surface area contributed by atoms with E-state index in [1.165, 1.54) is 32.4 Å². The molecule has 0 unspecified atom stereocenters. The van der Waals surface area contributed by atoms with Crippen molar-refractivity contribution in [3.05, 3.63) is 5.69 Å². The molecular weight excluding hydrogens is 230 g/mol. The molecular formula is C10H18ClN3O2. The topological polar surface area (TPSA) is 56.2 Å². The Kier molecular flexibility index (Phi) is 5.02. The highest BCUT2D eigenvalue weighted by Gasteiger charge is 2.15. The first-order valence-corrected chi connectivity index (χ1v) is 5.53. The molecule has 16 heavy (non-hydrogen) atoms. The van der Waals surface area contributed by atoms with Crippen LogP contribution in [0.25, 0.3) is 0 Å². The van der Waals surface area contributed by atoms with Crippen molar-refractivity contribution in [2.45, 2.75) is 32.7 Å². The molecule has 5 nitrogen and oxygen atoms in total. The van der Waals surface area contributed by atoms with Crippen LogP contribution in [0.15, 0.2) is 4.52 Å². The van der Waals surface area contributed by atoms with Gasteiger partial charge < -0.3 is 9.63 Å². The molecule has 1 saturated heterocycles. The molecule has 2 rings (SSSR count). The zero-order valence-electron chi connectivity index (χ0n) is 9.52. The fourth-order valence-corrected chi connectivity index (χ4v) is 1.95. The first kappa shape index (κ1) is 13.3. The van der Waals surface area contributed by atoms with Crippen LogP contribution in [0.1, 0.15) is 25.0 Å². The maximum atomic E-state index is 11.0. The van der Waals surface area contributed by atoms with Crippen LogP contribution in [0.3, 0.4) is 0 Å². The van der Waals surface area contributed by atoms with Crippen LogP contribution in [-0.2, 0) is 6.54 Å². The lowest BCUT2D eigenvalue weighted by Crippen LogP contribution is -2.45. The van der Waals surface area contributed by atoms with E-state index in [2.05, 4.69) is 14.7 Å². The second kappa shape index (κ2) is 6.06. The molecule has 1 aromatic rings. The van der Waals surface area contributed by atoms with Crippen molar-refractivity contribution >= 4 is 12.4 Å². The van der Waals surface area contributed by atoms with E-state index in [9.17, 15) is 5.11 Å². The summed E-state index contributed by atoms with van der Waals surface area (Å²) in [4.78, 5) is 2.41. The van der Waals surface area contributed by atoms with Crippen LogP contribution in [0.2, 0.25) is 0 Å². The second-order valence-electron chi connectivity index (χ2n) is 4.07. The van der Waals surface area contributed by atoms with E-state index in [1.54, 1.807) is 11.6 Å². The van der Waals surface area contributed by atoms with Gasteiger partial charge in [0.25, 0.3) is 0 Å². The molecule has 92 valence electrons. The van der Waals surface area contributed by atoms with Crippen LogP contribution in [0, 0.1) is 6.92 Å². The minimum absolute atomic E-state index is 0. The average Bonchev–Trinajstić information content (AvgIpc) is 2.59. The van der Waals surface area contributed by atoms with Gasteiger partial charge in [0, 0.05) is 6.92 Å². The normalized spacial score (nSPS) is 17.1. The lowest BCUT2D eigenvalue weighted by molar-refractivity contribution is -0.766. The Hall–Kier alpha value is -0.810. The highest BCUT2D eigenvalue weighted by molar-refractivity contribution is 5.85. The number of nitrogens with zero attached hydrogens (tertiary/aromatic N) is 3. The summed E-state index contributed by atoms with van der Waals surface area (Å²) >= 11 is 0. The third-order valence-electron chi connectivity index (χ3n) is 2.98. The average molecular weight is 248 g/mol. The summed E-state index contributed by atoms with van der Waals surface area (Å²) in [5, 5.41) is 14.7. The van der Waals surface area contributed by atoms with E-state index in [-0.39, 0.29) is 18.4 Å². The Balaban J connectivity index is 0.00000128. The number of hydrogen-bond donors (Lipinski definition) is 0. The Morgan fingerprint density at radius 1 is 1.38 bits per heavy atom. The Bertz CT molecular complexity index is 324. The predicted octanol–water partition coefficient (Wildman–Crippen LogP) is 0.252. The number of rotatable bonds is 3. The van der Waals surface area contributed by atoms with Crippen LogP contribution in [-0.4, -0.2) is 29.8 Å². The van der Waals surface area contributed by atoms with Gasteiger partial charge in [-0.1, -0.05) is 11.1 Å². The fraction of sp³-hybridized carbons (Fsp3) is 0.800. The first-order valence-electron chi connectivity index (χ1n) is 5.53. The summed E-state index contributed by atoms with van der Waals surface area (Å²) < 4.78 is 6.22. The van der Waals surface area contributed by atoms with E-state index < -0.39 is 0 Å². The summed E-state index contributed by atoms with van der Waals surface area (Å²) in [6.45, 7) is 5.79. The number of likely N-dealkylation sites (tertiary alicyclic amines) is 1. The van der Waals surface area contributed by atoms with Gasteiger partial charge in [-0.2, -0.15) is 0 Å². The van der Waals surface area contributed by atoms with Gasteiger partial charge in [0.2, 0.25) is 5.69 Å². The third-order valence-corrected chi connectivity index (χ3v) is 2.98. The molecule has 0 atom stereocenters. The molecule has 0 saturated carbocycles. The van der Waals surface area contributed by atoms with Crippen molar-refractivity contribution in [1.29, 1.82) is 0 Å². The van der Waals surface area contributed by atoms with Gasteiger partial charge in [-0.15, -0.1) is 12.4 Å². The van der Waals surface area contributed by atoms with Gasteiger partial charge in [0.05, 0.1) is 11.8 Å². The van der Waals surface area contributed by atoms with Crippen molar-refractivity contribution in [3.63, 3.8) is 0 Å². The molecule has 0 amide bonds. The Labute approximate surface area is 101 Å². The van der Waals surface area contributed by atoms with Gasteiger partial charge >= 0.3 is 0 Å². The maximum absolute atomic E-state index is 11.0. The molecule has 0 aromatic carbocycles. The van der Waals surface area contributed by atoms with Gasteiger partial charge in [-0.25, -0.2) is 0 Å². The molecule has 0 N–H and O–H groups in total. The predicted molar refractivity (Wildman–Crippen MR) is 58.4 cm³/mol. The van der Waals surface area contributed by atoms with Crippen LogP contribution in [0.4, 0.5) is 0 Å². The standard InChI is InChI=1S/C10H17N3O2.ClH/c1-9-10(14)15-11-13(9)8-7-12-5-3-2-4-6-12;/h2-8H2,1H3;1H. The van der Waals surface area contributed by atoms with Gasteiger partial charge in [-0.05, 0) is 25.9 Å². The van der Waals surface area contributed by atoms with Crippen LogP contribution < -0.4 is 9.79 Å². The van der Waals surface area contributed by atoms with Gasteiger partial charge in [0.15, 0.2) is 12.5 Å². The lowest BCUT2D eigenvalue weighted by atomic mass is 10.1. The molecule has 1 aromatic heterocycles. The van der Waals surface area contributed by atoms with Crippen molar-refractivity contribution in [1.82, 2.24) is 10.2 Å². The smallest absolute Gasteiger partial charge is 0.230 e. The molecule has 0 aliphatic carbocycles. The van der Waals surface area contributed by atoms with Crippen molar-refractivity contribution in [3.8, 4) is 5.95 Å². The third kappa shape index (κ3) is 3.09. The van der Waals surface area contributed by atoms with E-state index in [4.69, 9.17) is 0 Å². The summed E-state index contributed by atoms with van der Waals surface area (Å²) in [5.41, 5.74) is 0.590. The van der Waals surface area contributed by atoms with E-state index in [0.29, 0.717) is 5.69 Å². The highest BCUT2D eigenvalue weighted by Crippen LogP contribution is 2.08. The largest absolute Gasteiger partial charge is 0.539 e. The molecule has 1 fully saturated rings. The summed E-state index contributed by atoms with van der Waals surface area (Å²) in [6, 6.07) is 0. The summed E-state index contributed by atoms with van der Waals surface area (Å²) in [5.74, 6) is -0.325. The zero-order chi connectivity index (χ0) is 10.7.